The second kappa shape index (κ2) is 12.1. The summed E-state index contributed by atoms with van der Waals surface area (Å²) in [5.74, 6) is -0.169. The molecule has 3 N–H and O–H groups in total. The highest BCUT2D eigenvalue weighted by molar-refractivity contribution is 6.05. The maximum Gasteiger partial charge on any atom is 0.274 e. The van der Waals surface area contributed by atoms with Crippen LogP contribution < -0.4 is 20.7 Å². The van der Waals surface area contributed by atoms with E-state index in [4.69, 9.17) is 4.74 Å². The van der Waals surface area contributed by atoms with E-state index in [1.54, 1.807) is 30.5 Å². The highest BCUT2D eigenvalue weighted by atomic mass is 16.5. The third kappa shape index (κ3) is 7.27. The maximum absolute atomic E-state index is 12.8. The SMILES string of the molecule is CCC(C)C(=O)NCCNC(=O)Cn1cc2cc(NC(=O)c3cccc(C)n3)c(OC(C)C)cc2n1. The minimum atomic E-state index is -0.348. The Labute approximate surface area is 210 Å². The van der Waals surface area contributed by atoms with Crippen LogP contribution in [-0.2, 0) is 16.1 Å². The van der Waals surface area contributed by atoms with E-state index < -0.39 is 0 Å². The number of hydrogen-bond acceptors (Lipinski definition) is 6. The smallest absolute Gasteiger partial charge is 0.274 e. The zero-order valence-corrected chi connectivity index (χ0v) is 21.4. The molecule has 0 saturated carbocycles. The van der Waals surface area contributed by atoms with Crippen molar-refractivity contribution in [3.05, 3.63) is 47.9 Å². The number of amides is 3. The number of ether oxygens (including phenoxy) is 1. The summed E-state index contributed by atoms with van der Waals surface area (Å²) in [4.78, 5) is 41.2. The third-order valence-corrected chi connectivity index (χ3v) is 5.50. The number of benzene rings is 1. The Bertz CT molecular complexity index is 1240. The summed E-state index contributed by atoms with van der Waals surface area (Å²) in [6.07, 6.45) is 2.38. The summed E-state index contributed by atoms with van der Waals surface area (Å²) in [6, 6.07) is 8.76. The summed E-state index contributed by atoms with van der Waals surface area (Å²) in [5.41, 5.74) is 2.17. The fourth-order valence-electron chi connectivity index (χ4n) is 3.44. The van der Waals surface area contributed by atoms with Gasteiger partial charge in [-0.3, -0.25) is 19.1 Å². The number of aryl methyl sites for hydroxylation is 1. The Hall–Kier alpha value is -3.95. The van der Waals surface area contributed by atoms with Crippen LogP contribution in [0.1, 0.15) is 50.3 Å². The topological polar surface area (TPSA) is 127 Å². The van der Waals surface area contributed by atoms with Crippen molar-refractivity contribution in [2.24, 2.45) is 5.92 Å². The molecule has 0 aliphatic carbocycles. The number of rotatable bonds is 11. The second-order valence-corrected chi connectivity index (χ2v) is 8.97. The molecule has 2 heterocycles. The molecule has 10 nitrogen and oxygen atoms in total. The van der Waals surface area contributed by atoms with Crippen molar-refractivity contribution >= 4 is 34.3 Å². The van der Waals surface area contributed by atoms with Gasteiger partial charge in [0.2, 0.25) is 11.8 Å². The van der Waals surface area contributed by atoms with E-state index in [1.807, 2.05) is 40.7 Å². The van der Waals surface area contributed by atoms with Crippen molar-refractivity contribution in [1.82, 2.24) is 25.4 Å². The lowest BCUT2D eigenvalue weighted by atomic mass is 10.1. The van der Waals surface area contributed by atoms with Crippen molar-refractivity contribution in [3.8, 4) is 5.75 Å². The molecule has 1 unspecified atom stereocenters. The zero-order chi connectivity index (χ0) is 26.2. The molecule has 0 aliphatic rings. The van der Waals surface area contributed by atoms with Gasteiger partial charge in [-0.1, -0.05) is 19.9 Å². The summed E-state index contributed by atoms with van der Waals surface area (Å²) in [6.45, 7) is 10.1. The largest absolute Gasteiger partial charge is 0.489 e. The average Bonchev–Trinajstić information content (AvgIpc) is 3.21. The first kappa shape index (κ1) is 26.7. The molecule has 10 heteroatoms. The van der Waals surface area contributed by atoms with Crippen LogP contribution in [0.4, 0.5) is 5.69 Å². The lowest BCUT2D eigenvalue weighted by molar-refractivity contribution is -0.125. The molecule has 3 amide bonds. The summed E-state index contributed by atoms with van der Waals surface area (Å²) >= 11 is 0. The van der Waals surface area contributed by atoms with Crippen LogP contribution >= 0.6 is 0 Å². The monoisotopic (exact) mass is 494 g/mol. The van der Waals surface area contributed by atoms with E-state index in [9.17, 15) is 14.4 Å². The van der Waals surface area contributed by atoms with Crippen LogP contribution in [0.25, 0.3) is 10.9 Å². The van der Waals surface area contributed by atoms with E-state index >= 15 is 0 Å². The van der Waals surface area contributed by atoms with Crippen LogP contribution in [0, 0.1) is 12.8 Å². The van der Waals surface area contributed by atoms with Crippen LogP contribution in [0.5, 0.6) is 5.75 Å². The molecule has 1 atom stereocenters. The molecular formula is C26H34N6O4. The predicted molar refractivity (Wildman–Crippen MR) is 138 cm³/mol. The Morgan fingerprint density at radius 3 is 2.53 bits per heavy atom. The first-order chi connectivity index (χ1) is 17.2. The molecule has 0 fully saturated rings. The molecule has 0 saturated heterocycles. The molecule has 3 aromatic rings. The summed E-state index contributed by atoms with van der Waals surface area (Å²) in [7, 11) is 0. The number of nitrogens with one attached hydrogen (secondary N) is 3. The van der Waals surface area contributed by atoms with Gasteiger partial charge in [-0.25, -0.2) is 4.98 Å². The molecule has 0 spiro atoms. The van der Waals surface area contributed by atoms with E-state index in [0.29, 0.717) is 35.7 Å². The van der Waals surface area contributed by atoms with Crippen LogP contribution in [0.3, 0.4) is 0 Å². The van der Waals surface area contributed by atoms with Gasteiger partial charge in [0, 0.05) is 42.4 Å². The van der Waals surface area contributed by atoms with Crippen molar-refractivity contribution in [2.45, 2.75) is 53.7 Å². The van der Waals surface area contributed by atoms with E-state index in [1.165, 1.54) is 4.68 Å². The standard InChI is InChI=1S/C26H34N6O4/c1-6-17(4)25(34)28-11-10-27-24(33)15-32-14-19-12-22(23(36-16(2)3)13-21(19)31-32)30-26(35)20-9-7-8-18(5)29-20/h7-9,12-14,16-17H,6,10-11,15H2,1-5H3,(H,27,33)(H,28,34)(H,30,35). The minimum absolute atomic E-state index is 0.0171. The zero-order valence-electron chi connectivity index (χ0n) is 21.4. The molecule has 36 heavy (non-hydrogen) atoms. The quantitative estimate of drug-likeness (QED) is 0.352. The normalized spacial score (nSPS) is 11.8. The average molecular weight is 495 g/mol. The van der Waals surface area contributed by atoms with Crippen LogP contribution in [-0.4, -0.2) is 51.7 Å². The maximum atomic E-state index is 12.8. The predicted octanol–water partition coefficient (Wildman–Crippen LogP) is 3.06. The highest BCUT2D eigenvalue weighted by Crippen LogP contribution is 2.31. The van der Waals surface area contributed by atoms with Crippen molar-refractivity contribution in [3.63, 3.8) is 0 Å². The van der Waals surface area contributed by atoms with E-state index in [-0.39, 0.29) is 36.3 Å². The Morgan fingerprint density at radius 2 is 1.83 bits per heavy atom. The van der Waals surface area contributed by atoms with Gasteiger partial charge in [0.15, 0.2) is 0 Å². The van der Waals surface area contributed by atoms with E-state index in [2.05, 4.69) is 26.0 Å². The molecule has 0 bridgehead atoms. The fourth-order valence-corrected chi connectivity index (χ4v) is 3.44. The van der Waals surface area contributed by atoms with Gasteiger partial charge >= 0.3 is 0 Å². The summed E-state index contributed by atoms with van der Waals surface area (Å²) in [5, 5.41) is 13.7. The molecule has 192 valence electrons. The lowest BCUT2D eigenvalue weighted by Crippen LogP contribution is -2.37. The van der Waals surface area contributed by atoms with Gasteiger partial charge < -0.3 is 20.7 Å². The number of nitrogens with zero attached hydrogens (tertiary/aromatic N) is 3. The van der Waals surface area contributed by atoms with Crippen LogP contribution in [0.15, 0.2) is 36.5 Å². The van der Waals surface area contributed by atoms with Gasteiger partial charge in [-0.2, -0.15) is 5.10 Å². The third-order valence-electron chi connectivity index (χ3n) is 5.50. The Balaban J connectivity index is 1.69. The molecule has 3 rings (SSSR count). The van der Waals surface area contributed by atoms with Crippen molar-refractivity contribution in [1.29, 1.82) is 0 Å². The molecule has 0 radical (unpaired) electrons. The summed E-state index contributed by atoms with van der Waals surface area (Å²) < 4.78 is 7.45. The van der Waals surface area contributed by atoms with Gasteiger partial charge in [-0.15, -0.1) is 0 Å². The molecule has 1 aromatic carbocycles. The van der Waals surface area contributed by atoms with Crippen molar-refractivity contribution in [2.75, 3.05) is 18.4 Å². The second-order valence-electron chi connectivity index (χ2n) is 8.97. The van der Waals surface area contributed by atoms with Crippen molar-refractivity contribution < 1.29 is 19.1 Å². The Morgan fingerprint density at radius 1 is 1.08 bits per heavy atom. The minimum Gasteiger partial charge on any atom is -0.489 e. The number of hydrogen-bond donors (Lipinski definition) is 3. The molecule has 2 aromatic heterocycles. The molecular weight excluding hydrogens is 460 g/mol. The first-order valence-corrected chi connectivity index (χ1v) is 12.1. The lowest BCUT2D eigenvalue weighted by Gasteiger charge is -2.15. The number of anilines is 1. The number of carbonyl (C=O) groups is 3. The van der Waals surface area contributed by atoms with Gasteiger partial charge in [0.1, 0.15) is 18.0 Å². The van der Waals surface area contributed by atoms with Gasteiger partial charge in [-0.05, 0) is 45.4 Å². The van der Waals surface area contributed by atoms with Crippen LogP contribution in [0.2, 0.25) is 0 Å². The number of fused-ring (bicyclic) bond motifs is 1. The highest BCUT2D eigenvalue weighted by Gasteiger charge is 2.16. The number of aromatic nitrogens is 3. The number of carbonyl (C=O) groups excluding carboxylic acids is 3. The Kier molecular flexibility index (Phi) is 8.99. The van der Waals surface area contributed by atoms with E-state index in [0.717, 1.165) is 17.5 Å². The van der Waals surface area contributed by atoms with Gasteiger partial charge in [0.25, 0.3) is 5.91 Å². The van der Waals surface area contributed by atoms with Gasteiger partial charge in [0.05, 0.1) is 17.3 Å². The molecule has 0 aliphatic heterocycles. The fraction of sp³-hybridized carbons (Fsp3) is 0.423. The number of pyridine rings is 1. The first-order valence-electron chi connectivity index (χ1n) is 12.1.